The maximum atomic E-state index is 11.1. The summed E-state index contributed by atoms with van der Waals surface area (Å²) in [6.45, 7) is 3.91. The largest absolute Gasteiger partial charge is 0.489 e. The second kappa shape index (κ2) is 6.13. The molecule has 0 saturated carbocycles. The molecule has 4 nitrogen and oxygen atoms in total. The predicted molar refractivity (Wildman–Crippen MR) is 69.0 cm³/mol. The average molecular weight is 236 g/mol. The number of aryl methyl sites for hydroxylation is 1. The van der Waals surface area contributed by atoms with Crippen LogP contribution >= 0.6 is 0 Å². The molecule has 17 heavy (non-hydrogen) atoms. The first kappa shape index (κ1) is 13.4. The van der Waals surface area contributed by atoms with E-state index in [1.807, 2.05) is 32.0 Å². The van der Waals surface area contributed by atoms with Crippen molar-refractivity contribution in [1.82, 2.24) is 5.32 Å². The molecule has 0 aliphatic rings. The summed E-state index contributed by atoms with van der Waals surface area (Å²) in [5.74, 6) is 0.731. The van der Waals surface area contributed by atoms with Gasteiger partial charge in [0.15, 0.2) is 0 Å². The standard InChI is InChI=1S/C13H20N2O2/c1-9(2)17-12-6-4-10(8-11(12)14)5-7-13(16)15-3/h4,6,8-9H,5,7,14H2,1-3H3,(H,15,16). The second-order valence-electron chi connectivity index (χ2n) is 4.21. The topological polar surface area (TPSA) is 64.3 Å². The summed E-state index contributed by atoms with van der Waals surface area (Å²) in [6.07, 6.45) is 1.26. The normalized spacial score (nSPS) is 10.4. The molecule has 94 valence electrons. The van der Waals surface area contributed by atoms with Gasteiger partial charge >= 0.3 is 0 Å². The van der Waals surface area contributed by atoms with Gasteiger partial charge in [-0.15, -0.1) is 0 Å². The molecule has 1 aromatic carbocycles. The van der Waals surface area contributed by atoms with Crippen LogP contribution in [0.1, 0.15) is 25.8 Å². The van der Waals surface area contributed by atoms with Crippen molar-refractivity contribution >= 4 is 11.6 Å². The number of hydrogen-bond donors (Lipinski definition) is 2. The first-order valence-corrected chi connectivity index (χ1v) is 5.78. The zero-order chi connectivity index (χ0) is 12.8. The maximum Gasteiger partial charge on any atom is 0.220 e. The highest BCUT2D eigenvalue weighted by molar-refractivity contribution is 5.75. The third-order valence-electron chi connectivity index (χ3n) is 2.36. The molecule has 1 amide bonds. The SMILES string of the molecule is CNC(=O)CCc1ccc(OC(C)C)c(N)c1. The third kappa shape index (κ3) is 4.34. The van der Waals surface area contributed by atoms with Gasteiger partial charge < -0.3 is 15.8 Å². The molecule has 1 rings (SSSR count). The molecule has 0 saturated heterocycles. The number of hydrogen-bond acceptors (Lipinski definition) is 3. The van der Waals surface area contributed by atoms with Crippen LogP contribution in [0.4, 0.5) is 5.69 Å². The lowest BCUT2D eigenvalue weighted by Crippen LogP contribution is -2.18. The molecular formula is C13H20N2O2. The van der Waals surface area contributed by atoms with Gasteiger partial charge in [-0.3, -0.25) is 4.79 Å². The molecule has 0 fully saturated rings. The molecule has 1 aromatic rings. The van der Waals surface area contributed by atoms with Crippen molar-refractivity contribution < 1.29 is 9.53 Å². The number of rotatable bonds is 5. The van der Waals surface area contributed by atoms with Crippen LogP contribution in [0.15, 0.2) is 18.2 Å². The molecule has 0 spiro atoms. The Kier molecular flexibility index (Phi) is 4.82. The Balaban J connectivity index is 2.65. The molecule has 0 aliphatic carbocycles. The van der Waals surface area contributed by atoms with Crippen LogP contribution in [0.5, 0.6) is 5.75 Å². The summed E-state index contributed by atoms with van der Waals surface area (Å²) in [5, 5.41) is 2.59. The summed E-state index contributed by atoms with van der Waals surface area (Å²) >= 11 is 0. The van der Waals surface area contributed by atoms with Gasteiger partial charge in [0.1, 0.15) is 5.75 Å². The first-order valence-electron chi connectivity index (χ1n) is 5.78. The Morgan fingerprint density at radius 1 is 1.47 bits per heavy atom. The van der Waals surface area contributed by atoms with E-state index in [2.05, 4.69) is 5.32 Å². The van der Waals surface area contributed by atoms with Gasteiger partial charge in [-0.2, -0.15) is 0 Å². The fourth-order valence-electron chi connectivity index (χ4n) is 1.50. The average Bonchev–Trinajstić information content (AvgIpc) is 2.28. The molecule has 4 heteroatoms. The van der Waals surface area contributed by atoms with Gasteiger partial charge in [0.2, 0.25) is 5.91 Å². The van der Waals surface area contributed by atoms with Crippen molar-refractivity contribution in [2.45, 2.75) is 32.8 Å². The molecule has 0 heterocycles. The minimum Gasteiger partial charge on any atom is -0.489 e. The van der Waals surface area contributed by atoms with Gasteiger partial charge in [0, 0.05) is 13.5 Å². The van der Waals surface area contributed by atoms with Crippen molar-refractivity contribution in [3.8, 4) is 5.75 Å². The fourth-order valence-corrected chi connectivity index (χ4v) is 1.50. The van der Waals surface area contributed by atoms with Gasteiger partial charge in [-0.25, -0.2) is 0 Å². The lowest BCUT2D eigenvalue weighted by atomic mass is 10.1. The minimum atomic E-state index is 0.0334. The lowest BCUT2D eigenvalue weighted by Gasteiger charge is -2.13. The van der Waals surface area contributed by atoms with Crippen molar-refractivity contribution in [2.24, 2.45) is 0 Å². The Bertz CT molecular complexity index is 389. The van der Waals surface area contributed by atoms with Gasteiger partial charge in [-0.1, -0.05) is 6.07 Å². The highest BCUT2D eigenvalue weighted by atomic mass is 16.5. The number of benzene rings is 1. The quantitative estimate of drug-likeness (QED) is 0.765. The number of nitrogens with two attached hydrogens (primary N) is 1. The summed E-state index contributed by atoms with van der Waals surface area (Å²) in [5.41, 5.74) is 7.55. The van der Waals surface area contributed by atoms with E-state index in [1.165, 1.54) is 0 Å². The number of carbonyl (C=O) groups is 1. The summed E-state index contributed by atoms with van der Waals surface area (Å²) in [7, 11) is 1.64. The Morgan fingerprint density at radius 2 is 2.18 bits per heavy atom. The maximum absolute atomic E-state index is 11.1. The Morgan fingerprint density at radius 3 is 2.71 bits per heavy atom. The van der Waals surface area contributed by atoms with Gasteiger partial charge in [0.25, 0.3) is 0 Å². The smallest absolute Gasteiger partial charge is 0.220 e. The van der Waals surface area contributed by atoms with E-state index in [1.54, 1.807) is 7.05 Å². The summed E-state index contributed by atoms with van der Waals surface area (Å²) < 4.78 is 5.54. The number of amides is 1. The molecule has 0 unspecified atom stereocenters. The van der Waals surface area contributed by atoms with E-state index in [0.29, 0.717) is 24.3 Å². The zero-order valence-corrected chi connectivity index (χ0v) is 10.6. The van der Waals surface area contributed by atoms with Gasteiger partial charge in [0.05, 0.1) is 11.8 Å². The number of ether oxygens (including phenoxy) is 1. The predicted octanol–water partition coefficient (Wildman–Crippen LogP) is 1.73. The van der Waals surface area contributed by atoms with Crippen molar-refractivity contribution in [1.29, 1.82) is 0 Å². The van der Waals surface area contributed by atoms with E-state index in [0.717, 1.165) is 5.56 Å². The number of nitrogen functional groups attached to an aromatic ring is 1. The highest BCUT2D eigenvalue weighted by Crippen LogP contribution is 2.24. The van der Waals surface area contributed by atoms with Crippen molar-refractivity contribution in [2.75, 3.05) is 12.8 Å². The van der Waals surface area contributed by atoms with Crippen LogP contribution in [0.3, 0.4) is 0 Å². The van der Waals surface area contributed by atoms with E-state index in [4.69, 9.17) is 10.5 Å². The number of carbonyl (C=O) groups excluding carboxylic acids is 1. The lowest BCUT2D eigenvalue weighted by molar-refractivity contribution is -0.120. The van der Waals surface area contributed by atoms with Gasteiger partial charge in [-0.05, 0) is 38.0 Å². The highest BCUT2D eigenvalue weighted by Gasteiger charge is 2.05. The molecule has 0 atom stereocenters. The first-order chi connectivity index (χ1) is 8.02. The molecule has 0 aliphatic heterocycles. The van der Waals surface area contributed by atoms with Crippen LogP contribution in [-0.2, 0) is 11.2 Å². The Labute approximate surface area is 102 Å². The van der Waals surface area contributed by atoms with E-state index >= 15 is 0 Å². The summed E-state index contributed by atoms with van der Waals surface area (Å²) in [6, 6.07) is 5.66. The van der Waals surface area contributed by atoms with Crippen LogP contribution < -0.4 is 15.8 Å². The van der Waals surface area contributed by atoms with Crippen LogP contribution in [-0.4, -0.2) is 19.1 Å². The molecule has 3 N–H and O–H groups in total. The molecule has 0 bridgehead atoms. The van der Waals surface area contributed by atoms with Crippen LogP contribution in [0.25, 0.3) is 0 Å². The van der Waals surface area contributed by atoms with Crippen LogP contribution in [0.2, 0.25) is 0 Å². The van der Waals surface area contributed by atoms with Crippen molar-refractivity contribution in [3.63, 3.8) is 0 Å². The monoisotopic (exact) mass is 236 g/mol. The summed E-state index contributed by atoms with van der Waals surface area (Å²) in [4.78, 5) is 11.1. The fraction of sp³-hybridized carbons (Fsp3) is 0.462. The Hall–Kier alpha value is -1.71. The number of nitrogens with one attached hydrogen (secondary N) is 1. The van der Waals surface area contributed by atoms with E-state index in [9.17, 15) is 4.79 Å². The van der Waals surface area contributed by atoms with Crippen molar-refractivity contribution in [3.05, 3.63) is 23.8 Å². The van der Waals surface area contributed by atoms with Crippen LogP contribution in [0, 0.1) is 0 Å². The molecule has 0 aromatic heterocycles. The minimum absolute atomic E-state index is 0.0334. The third-order valence-corrected chi connectivity index (χ3v) is 2.36. The van der Waals surface area contributed by atoms with E-state index in [-0.39, 0.29) is 12.0 Å². The second-order valence-corrected chi connectivity index (χ2v) is 4.21. The number of anilines is 1. The van der Waals surface area contributed by atoms with E-state index < -0.39 is 0 Å². The molecule has 0 radical (unpaired) electrons. The zero-order valence-electron chi connectivity index (χ0n) is 10.6. The molecular weight excluding hydrogens is 216 g/mol.